The third-order valence-corrected chi connectivity index (χ3v) is 2.63. The molecule has 0 fully saturated rings. The van der Waals surface area contributed by atoms with E-state index in [4.69, 9.17) is 4.74 Å². The first-order valence-electron chi connectivity index (χ1n) is 5.36. The molecule has 2 rings (SSSR count). The van der Waals surface area contributed by atoms with Crippen LogP contribution in [0.3, 0.4) is 0 Å². The lowest BCUT2D eigenvalue weighted by atomic mass is 10.2. The molecule has 0 aliphatic rings. The maximum atomic E-state index is 5.12. The minimum Gasteiger partial charge on any atom is -0.497 e. The lowest BCUT2D eigenvalue weighted by molar-refractivity contribution is 0.414. The summed E-state index contributed by atoms with van der Waals surface area (Å²) in [5.41, 5.74) is 2.19. The first-order chi connectivity index (χ1) is 8.24. The molecule has 4 heteroatoms. The van der Waals surface area contributed by atoms with Crippen molar-refractivity contribution in [2.24, 2.45) is 4.99 Å². The Morgan fingerprint density at radius 3 is 2.65 bits per heavy atom. The maximum absolute atomic E-state index is 5.12. The number of hydrogen-bond donors (Lipinski definition) is 0. The molecule has 0 unspecified atom stereocenters. The second-order valence-electron chi connectivity index (χ2n) is 3.82. The van der Waals surface area contributed by atoms with Gasteiger partial charge in [0.25, 0.3) is 0 Å². The Kier molecular flexibility index (Phi) is 3.23. The van der Waals surface area contributed by atoms with Crippen LogP contribution in [0.2, 0.25) is 0 Å². The zero-order valence-corrected chi connectivity index (χ0v) is 10.1. The smallest absolute Gasteiger partial charge is 0.152 e. The number of methoxy groups -OCH3 is 1. The van der Waals surface area contributed by atoms with Gasteiger partial charge in [-0.1, -0.05) is 12.1 Å². The molecule has 0 radical (unpaired) electrons. The highest BCUT2D eigenvalue weighted by Gasteiger charge is 2.05. The minimum atomic E-state index is 0.687. The molecule has 0 aliphatic heterocycles. The van der Waals surface area contributed by atoms with Crippen molar-refractivity contribution >= 4 is 12.5 Å². The van der Waals surface area contributed by atoms with Gasteiger partial charge in [0.2, 0.25) is 0 Å². The first-order valence-corrected chi connectivity index (χ1v) is 5.36. The molecule has 1 aromatic heterocycles. The number of benzene rings is 1. The Labute approximate surface area is 101 Å². The van der Waals surface area contributed by atoms with E-state index in [9.17, 15) is 0 Å². The highest BCUT2D eigenvalue weighted by atomic mass is 16.5. The lowest BCUT2D eigenvalue weighted by Crippen LogP contribution is -2.01. The molecule has 0 atom stereocenters. The van der Waals surface area contributed by atoms with E-state index in [1.54, 1.807) is 13.3 Å². The van der Waals surface area contributed by atoms with Gasteiger partial charge >= 0.3 is 0 Å². The fourth-order valence-corrected chi connectivity index (χ4v) is 1.70. The predicted molar refractivity (Wildman–Crippen MR) is 68.3 cm³/mol. The van der Waals surface area contributed by atoms with E-state index >= 15 is 0 Å². The molecule has 0 bridgehead atoms. The van der Waals surface area contributed by atoms with E-state index in [2.05, 4.69) is 16.8 Å². The van der Waals surface area contributed by atoms with Crippen molar-refractivity contribution in [1.29, 1.82) is 0 Å². The fourth-order valence-electron chi connectivity index (χ4n) is 1.70. The normalized spacial score (nSPS) is 10.2. The van der Waals surface area contributed by atoms with Crippen LogP contribution in [0, 0.1) is 6.92 Å². The van der Waals surface area contributed by atoms with Crippen LogP contribution in [0.1, 0.15) is 11.1 Å². The largest absolute Gasteiger partial charge is 0.497 e. The van der Waals surface area contributed by atoms with Crippen molar-refractivity contribution in [3.63, 3.8) is 0 Å². The van der Waals surface area contributed by atoms with E-state index in [0.717, 1.165) is 22.7 Å². The van der Waals surface area contributed by atoms with Crippen LogP contribution in [0.15, 0.2) is 35.5 Å². The van der Waals surface area contributed by atoms with Crippen molar-refractivity contribution in [2.45, 2.75) is 13.5 Å². The SMILES string of the molecule is C=Nc1c(C)cnn1Cc1ccc(OC)cc1. The average Bonchev–Trinajstić information content (AvgIpc) is 2.71. The molecule has 0 amide bonds. The van der Waals surface area contributed by atoms with Crippen molar-refractivity contribution in [3.05, 3.63) is 41.6 Å². The number of aryl methyl sites for hydroxylation is 1. The van der Waals surface area contributed by atoms with Gasteiger partial charge in [0, 0.05) is 5.56 Å². The number of ether oxygens (including phenoxy) is 1. The summed E-state index contributed by atoms with van der Waals surface area (Å²) >= 11 is 0. The highest BCUT2D eigenvalue weighted by Crippen LogP contribution is 2.19. The van der Waals surface area contributed by atoms with Gasteiger partial charge in [0.15, 0.2) is 5.82 Å². The van der Waals surface area contributed by atoms with Gasteiger partial charge in [-0.05, 0) is 31.3 Å². The zero-order chi connectivity index (χ0) is 12.3. The molecule has 1 aromatic carbocycles. The van der Waals surface area contributed by atoms with E-state index in [0.29, 0.717) is 6.54 Å². The van der Waals surface area contributed by atoms with Gasteiger partial charge < -0.3 is 4.74 Å². The first kappa shape index (κ1) is 11.4. The Hall–Kier alpha value is -2.10. The second kappa shape index (κ2) is 4.82. The topological polar surface area (TPSA) is 39.4 Å². The molecule has 0 saturated heterocycles. The molecule has 88 valence electrons. The number of nitrogens with zero attached hydrogens (tertiary/aromatic N) is 3. The summed E-state index contributed by atoms with van der Waals surface area (Å²) < 4.78 is 6.95. The van der Waals surface area contributed by atoms with Gasteiger partial charge in [-0.2, -0.15) is 5.10 Å². The van der Waals surface area contributed by atoms with Crippen LogP contribution in [-0.2, 0) is 6.54 Å². The third kappa shape index (κ3) is 2.36. The van der Waals surface area contributed by atoms with Crippen LogP contribution in [0.4, 0.5) is 5.82 Å². The van der Waals surface area contributed by atoms with Gasteiger partial charge in [0.1, 0.15) is 5.75 Å². The van der Waals surface area contributed by atoms with Gasteiger partial charge in [-0.15, -0.1) is 0 Å². The summed E-state index contributed by atoms with van der Waals surface area (Å²) in [5.74, 6) is 1.67. The minimum absolute atomic E-state index is 0.687. The van der Waals surface area contributed by atoms with Gasteiger partial charge in [-0.3, -0.25) is 0 Å². The second-order valence-corrected chi connectivity index (χ2v) is 3.82. The molecule has 0 aliphatic carbocycles. The van der Waals surface area contributed by atoms with Gasteiger partial charge in [-0.25, -0.2) is 9.67 Å². The van der Waals surface area contributed by atoms with Crippen LogP contribution in [-0.4, -0.2) is 23.6 Å². The molecule has 4 nitrogen and oxygen atoms in total. The molecule has 17 heavy (non-hydrogen) atoms. The quantitative estimate of drug-likeness (QED) is 0.756. The molecule has 0 saturated carbocycles. The summed E-state index contributed by atoms with van der Waals surface area (Å²) in [7, 11) is 1.66. The van der Waals surface area contributed by atoms with Crippen LogP contribution < -0.4 is 4.74 Å². The molecular weight excluding hydrogens is 214 g/mol. The third-order valence-electron chi connectivity index (χ3n) is 2.63. The number of aliphatic imine (C=N–C) groups is 1. The number of aromatic nitrogens is 2. The molecular formula is C13H15N3O. The van der Waals surface area contributed by atoms with Crippen LogP contribution in [0.25, 0.3) is 0 Å². The van der Waals surface area contributed by atoms with Crippen molar-refractivity contribution in [2.75, 3.05) is 7.11 Å². The summed E-state index contributed by atoms with van der Waals surface area (Å²) in [6.45, 7) is 6.22. The van der Waals surface area contributed by atoms with E-state index in [1.165, 1.54) is 0 Å². The molecule has 1 heterocycles. The molecule has 2 aromatic rings. The van der Waals surface area contributed by atoms with Crippen LogP contribution >= 0.6 is 0 Å². The summed E-state index contributed by atoms with van der Waals surface area (Å²) in [6, 6.07) is 7.91. The fraction of sp³-hybridized carbons (Fsp3) is 0.231. The van der Waals surface area contributed by atoms with Crippen LogP contribution in [0.5, 0.6) is 5.75 Å². The average molecular weight is 229 g/mol. The summed E-state index contributed by atoms with van der Waals surface area (Å²) in [6.07, 6.45) is 1.80. The van der Waals surface area contributed by atoms with E-state index in [1.807, 2.05) is 35.9 Å². The Morgan fingerprint density at radius 1 is 1.35 bits per heavy atom. The number of hydrogen-bond acceptors (Lipinski definition) is 3. The van der Waals surface area contributed by atoms with Crippen molar-refractivity contribution in [3.8, 4) is 5.75 Å². The molecule has 0 spiro atoms. The van der Waals surface area contributed by atoms with E-state index < -0.39 is 0 Å². The lowest BCUT2D eigenvalue weighted by Gasteiger charge is -2.05. The van der Waals surface area contributed by atoms with Crippen molar-refractivity contribution < 1.29 is 4.74 Å². The standard InChI is InChI=1S/C13H15N3O/c1-10-8-15-16(13(10)14-2)9-11-4-6-12(17-3)7-5-11/h4-8H,2,9H2,1,3H3. The number of rotatable bonds is 4. The Morgan fingerprint density at radius 2 is 2.06 bits per heavy atom. The Bertz CT molecular complexity index is 514. The predicted octanol–water partition coefficient (Wildman–Crippen LogP) is 2.58. The zero-order valence-electron chi connectivity index (χ0n) is 10.1. The molecule has 0 N–H and O–H groups in total. The Balaban J connectivity index is 2.22. The maximum Gasteiger partial charge on any atom is 0.152 e. The monoisotopic (exact) mass is 229 g/mol. The van der Waals surface area contributed by atoms with Crippen molar-refractivity contribution in [1.82, 2.24) is 9.78 Å². The van der Waals surface area contributed by atoms with Gasteiger partial charge in [0.05, 0.1) is 19.9 Å². The summed E-state index contributed by atoms with van der Waals surface area (Å²) in [4.78, 5) is 3.99. The highest BCUT2D eigenvalue weighted by molar-refractivity contribution is 5.45. The summed E-state index contributed by atoms with van der Waals surface area (Å²) in [5, 5.41) is 4.28. The van der Waals surface area contributed by atoms with E-state index in [-0.39, 0.29) is 0 Å².